The lowest BCUT2D eigenvalue weighted by molar-refractivity contribution is 0.0569. The van der Waals surface area contributed by atoms with Gasteiger partial charge in [0.1, 0.15) is 5.69 Å². The van der Waals surface area contributed by atoms with Crippen molar-refractivity contribution in [3.8, 4) is 0 Å². The van der Waals surface area contributed by atoms with Crippen LogP contribution in [-0.2, 0) is 5.11 Å². The molecule has 0 aliphatic heterocycles. The number of aromatic amines is 1. The van der Waals surface area contributed by atoms with E-state index in [-0.39, 0.29) is 5.69 Å². The molecule has 0 aliphatic rings. The maximum Gasteiger partial charge on any atom is 0.402 e. The third-order valence-corrected chi connectivity index (χ3v) is 1.81. The van der Waals surface area contributed by atoms with E-state index in [2.05, 4.69) is 4.98 Å². The van der Waals surface area contributed by atoms with Crippen LogP contribution < -0.4 is 0 Å². The van der Waals surface area contributed by atoms with Gasteiger partial charge in [-0.3, -0.25) is 0 Å². The zero-order chi connectivity index (χ0) is 8.55. The molecule has 2 rings (SSSR count). The summed E-state index contributed by atoms with van der Waals surface area (Å²) in [7, 11) is 0. The van der Waals surface area contributed by atoms with Crippen LogP contribution in [0.5, 0.6) is 0 Å². The minimum absolute atomic E-state index is 0.144. The molecule has 3 nitrogen and oxygen atoms in total. The molecule has 0 fully saturated rings. The lowest BCUT2D eigenvalue weighted by Gasteiger charge is -1.87. The van der Waals surface area contributed by atoms with Crippen molar-refractivity contribution in [3.05, 3.63) is 36.2 Å². The second-order valence-electron chi connectivity index (χ2n) is 2.54. The van der Waals surface area contributed by atoms with Gasteiger partial charge in [-0.2, -0.15) is 0 Å². The highest BCUT2D eigenvalue weighted by molar-refractivity contribution is 6.02. The molecule has 1 N–H and O–H groups in total. The maximum atomic E-state index is 10.5. The van der Waals surface area contributed by atoms with E-state index in [0.717, 1.165) is 5.39 Å². The number of benzene rings is 1. The molecular formula is C9H6NO2. The van der Waals surface area contributed by atoms with Crippen molar-refractivity contribution in [2.75, 3.05) is 0 Å². The predicted octanol–water partition coefficient (Wildman–Crippen LogP) is 1.74. The Labute approximate surface area is 68.6 Å². The average molecular weight is 160 g/mol. The van der Waals surface area contributed by atoms with Crippen molar-refractivity contribution in [2.24, 2.45) is 0 Å². The minimum Gasteiger partial charge on any atom is -0.355 e. The predicted molar refractivity (Wildman–Crippen MR) is 43.3 cm³/mol. The van der Waals surface area contributed by atoms with Gasteiger partial charge in [0.25, 0.3) is 0 Å². The van der Waals surface area contributed by atoms with Gasteiger partial charge in [-0.1, -0.05) is 24.3 Å². The summed E-state index contributed by atoms with van der Waals surface area (Å²) in [5, 5.41) is 12.1. The first-order valence-corrected chi connectivity index (χ1v) is 3.56. The average Bonchev–Trinajstić information content (AvgIpc) is 2.47. The number of carbonyl (C=O) groups excluding carboxylic acids is 1. The molecule has 1 radical (unpaired) electrons. The number of H-pyrrole nitrogens is 1. The third kappa shape index (κ3) is 0.871. The van der Waals surface area contributed by atoms with Crippen LogP contribution in [-0.4, -0.2) is 11.0 Å². The summed E-state index contributed by atoms with van der Waals surface area (Å²) in [4.78, 5) is 13.2. The SMILES string of the molecule is [O]C(=O)c1[nH]cc2ccccc12. The summed E-state index contributed by atoms with van der Waals surface area (Å²) >= 11 is 0. The molecule has 1 aromatic heterocycles. The lowest BCUT2D eigenvalue weighted by Crippen LogP contribution is -1.93. The highest BCUT2D eigenvalue weighted by Crippen LogP contribution is 2.17. The topological polar surface area (TPSA) is 52.8 Å². The fourth-order valence-electron chi connectivity index (χ4n) is 1.25. The van der Waals surface area contributed by atoms with Crippen LogP contribution in [0, 0.1) is 0 Å². The van der Waals surface area contributed by atoms with Gasteiger partial charge < -0.3 is 4.98 Å². The quantitative estimate of drug-likeness (QED) is 0.678. The van der Waals surface area contributed by atoms with E-state index in [1.807, 2.05) is 12.1 Å². The number of hydrogen-bond acceptors (Lipinski definition) is 1. The van der Waals surface area contributed by atoms with Crippen LogP contribution in [0.15, 0.2) is 30.5 Å². The molecule has 3 heteroatoms. The third-order valence-electron chi connectivity index (χ3n) is 1.81. The first kappa shape index (κ1) is 6.91. The summed E-state index contributed by atoms with van der Waals surface area (Å²) in [6.07, 6.45) is 1.65. The monoisotopic (exact) mass is 160 g/mol. The van der Waals surface area contributed by atoms with E-state index in [4.69, 9.17) is 0 Å². The van der Waals surface area contributed by atoms with Gasteiger partial charge in [-0.05, 0) is 0 Å². The van der Waals surface area contributed by atoms with Crippen LogP contribution in [0.3, 0.4) is 0 Å². The smallest absolute Gasteiger partial charge is 0.355 e. The number of fused-ring (bicyclic) bond motifs is 1. The largest absolute Gasteiger partial charge is 0.402 e. The Bertz CT molecular complexity index is 431. The van der Waals surface area contributed by atoms with Crippen LogP contribution >= 0.6 is 0 Å². The number of carbonyl (C=O) groups is 1. The molecule has 12 heavy (non-hydrogen) atoms. The molecule has 0 spiro atoms. The summed E-state index contributed by atoms with van der Waals surface area (Å²) in [5.41, 5.74) is 0.144. The Balaban J connectivity index is 2.79. The molecule has 1 aromatic carbocycles. The van der Waals surface area contributed by atoms with Crippen LogP contribution in [0.4, 0.5) is 0 Å². The van der Waals surface area contributed by atoms with Gasteiger partial charge in [0, 0.05) is 17.0 Å². The standard InChI is InChI=1S/C9H6NO2/c11-9(12)8-7-4-2-1-3-6(7)5-10-8/h1-5,10H. The Kier molecular flexibility index (Phi) is 1.37. The normalized spacial score (nSPS) is 10.3. The van der Waals surface area contributed by atoms with Gasteiger partial charge in [0.2, 0.25) is 0 Å². The van der Waals surface area contributed by atoms with E-state index in [0.29, 0.717) is 5.39 Å². The van der Waals surface area contributed by atoms with E-state index < -0.39 is 5.97 Å². The van der Waals surface area contributed by atoms with Gasteiger partial charge in [-0.15, -0.1) is 0 Å². The molecule has 0 bridgehead atoms. The van der Waals surface area contributed by atoms with Crippen LogP contribution in [0.25, 0.3) is 10.8 Å². The number of aromatic nitrogens is 1. The summed E-state index contributed by atoms with van der Waals surface area (Å²) in [6, 6.07) is 7.24. The van der Waals surface area contributed by atoms with Gasteiger partial charge >= 0.3 is 5.97 Å². The molecule has 0 amide bonds. The highest BCUT2D eigenvalue weighted by atomic mass is 16.4. The molecule has 1 heterocycles. The summed E-state index contributed by atoms with van der Waals surface area (Å²) in [5.74, 6) is -1.17. The van der Waals surface area contributed by atoms with Crippen molar-refractivity contribution in [2.45, 2.75) is 0 Å². The molecule has 2 aromatic rings. The zero-order valence-electron chi connectivity index (χ0n) is 6.20. The number of hydrogen-bond donors (Lipinski definition) is 1. The van der Waals surface area contributed by atoms with E-state index in [1.54, 1.807) is 18.3 Å². The van der Waals surface area contributed by atoms with Crippen molar-refractivity contribution in [3.63, 3.8) is 0 Å². The van der Waals surface area contributed by atoms with Gasteiger partial charge in [0.05, 0.1) is 0 Å². The van der Waals surface area contributed by atoms with Gasteiger partial charge in [0.15, 0.2) is 0 Å². The van der Waals surface area contributed by atoms with Crippen LogP contribution in [0.1, 0.15) is 10.5 Å². The first-order chi connectivity index (χ1) is 5.79. The van der Waals surface area contributed by atoms with E-state index in [9.17, 15) is 9.90 Å². The van der Waals surface area contributed by atoms with Crippen molar-refractivity contribution < 1.29 is 9.90 Å². The first-order valence-electron chi connectivity index (χ1n) is 3.56. The molecule has 0 atom stereocenters. The Morgan fingerprint density at radius 2 is 2.00 bits per heavy atom. The fraction of sp³-hybridized carbons (Fsp3) is 0. The fourth-order valence-corrected chi connectivity index (χ4v) is 1.25. The van der Waals surface area contributed by atoms with Crippen LogP contribution in [0.2, 0.25) is 0 Å². The highest BCUT2D eigenvalue weighted by Gasteiger charge is 2.10. The van der Waals surface area contributed by atoms with E-state index in [1.165, 1.54) is 0 Å². The maximum absolute atomic E-state index is 10.5. The lowest BCUT2D eigenvalue weighted by atomic mass is 10.2. The molecule has 0 saturated carbocycles. The molecule has 0 aliphatic carbocycles. The molecule has 59 valence electrons. The Morgan fingerprint density at radius 1 is 1.25 bits per heavy atom. The molecule has 0 saturated heterocycles. The molecule has 0 unspecified atom stereocenters. The van der Waals surface area contributed by atoms with E-state index >= 15 is 0 Å². The van der Waals surface area contributed by atoms with Gasteiger partial charge in [-0.25, -0.2) is 9.90 Å². The summed E-state index contributed by atoms with van der Waals surface area (Å²) < 4.78 is 0. The second-order valence-corrected chi connectivity index (χ2v) is 2.54. The summed E-state index contributed by atoms with van der Waals surface area (Å²) in [6.45, 7) is 0. The molecular weight excluding hydrogens is 154 g/mol. The number of rotatable bonds is 1. The Hall–Kier alpha value is -1.77. The second kappa shape index (κ2) is 2.37. The zero-order valence-corrected chi connectivity index (χ0v) is 6.20. The van der Waals surface area contributed by atoms with Crippen molar-refractivity contribution in [1.29, 1.82) is 0 Å². The van der Waals surface area contributed by atoms with Crippen molar-refractivity contribution >= 4 is 16.7 Å². The Morgan fingerprint density at radius 3 is 2.75 bits per heavy atom. The van der Waals surface area contributed by atoms with Crippen molar-refractivity contribution in [1.82, 2.24) is 4.98 Å². The number of nitrogens with one attached hydrogen (secondary N) is 1. The minimum atomic E-state index is -1.17.